The minimum atomic E-state index is -1.58. The molecule has 5 N–H and O–H groups in total. The third kappa shape index (κ3) is 5.81. The molecule has 0 aromatic heterocycles. The Hall–Kier alpha value is -1.36. The van der Waals surface area contributed by atoms with E-state index >= 15 is 0 Å². The van der Waals surface area contributed by atoms with Gasteiger partial charge < -0.3 is 35.0 Å². The average molecular weight is 388 g/mol. The fraction of sp³-hybridized carbons (Fsp3) is 0.778. The molecular weight excluding hydrogens is 360 g/mol. The number of carboxylic acids is 1. The van der Waals surface area contributed by atoms with Gasteiger partial charge >= 0.3 is 5.97 Å². The van der Waals surface area contributed by atoms with Gasteiger partial charge in [-0.15, -0.1) is 0 Å². The molecule has 9 nitrogen and oxygen atoms in total. The number of aliphatic carboxylic acids is 1. The Morgan fingerprint density at radius 1 is 1.22 bits per heavy atom. The van der Waals surface area contributed by atoms with Crippen LogP contribution in [0, 0.1) is 11.8 Å². The van der Waals surface area contributed by atoms with Crippen LogP contribution in [0.4, 0.5) is 0 Å². The van der Waals surface area contributed by atoms with Crippen molar-refractivity contribution in [2.45, 2.75) is 62.8 Å². The van der Waals surface area contributed by atoms with Gasteiger partial charge in [-0.25, -0.2) is 0 Å². The number of ether oxygens (including phenoxy) is 2. The summed E-state index contributed by atoms with van der Waals surface area (Å²) in [6.07, 6.45) is -0.798. The Labute approximate surface area is 157 Å². The number of aliphatic hydroxyl groups excluding tert-OH is 4. The van der Waals surface area contributed by atoms with Crippen LogP contribution in [0.3, 0.4) is 0 Å². The number of aliphatic hydroxyl groups is 4. The van der Waals surface area contributed by atoms with E-state index in [1.165, 1.54) is 0 Å². The predicted molar refractivity (Wildman–Crippen MR) is 91.6 cm³/mol. The largest absolute Gasteiger partial charge is 0.481 e. The van der Waals surface area contributed by atoms with Crippen molar-refractivity contribution in [1.82, 2.24) is 0 Å². The van der Waals surface area contributed by atoms with Crippen molar-refractivity contribution in [2.24, 2.45) is 11.8 Å². The number of rotatable bonds is 9. The molecule has 2 rings (SSSR count). The maximum absolute atomic E-state index is 11.9. The predicted octanol–water partition coefficient (Wildman–Crippen LogP) is -0.791. The van der Waals surface area contributed by atoms with Crippen LogP contribution < -0.4 is 0 Å². The molecule has 7 unspecified atom stereocenters. The van der Waals surface area contributed by atoms with Crippen LogP contribution >= 0.6 is 0 Å². The summed E-state index contributed by atoms with van der Waals surface area (Å²) in [4.78, 5) is 22.8. The molecule has 0 spiro atoms. The second-order valence-electron chi connectivity index (χ2n) is 7.03. The monoisotopic (exact) mass is 388 g/mol. The normalized spacial score (nSPS) is 37.2. The highest BCUT2D eigenvalue weighted by Crippen LogP contribution is 2.34. The van der Waals surface area contributed by atoms with Gasteiger partial charge in [0.05, 0.1) is 13.2 Å². The summed E-state index contributed by atoms with van der Waals surface area (Å²) < 4.78 is 10.5. The molecule has 2 fully saturated rings. The Balaban J connectivity index is 1.75. The van der Waals surface area contributed by atoms with E-state index in [0.29, 0.717) is 25.7 Å². The van der Waals surface area contributed by atoms with Crippen LogP contribution in [-0.2, 0) is 19.1 Å². The number of carboxylic acid groups (broad SMARTS) is 1. The molecule has 7 atom stereocenters. The first kappa shape index (κ1) is 21.9. The molecule has 27 heavy (non-hydrogen) atoms. The molecule has 9 heteroatoms. The zero-order valence-corrected chi connectivity index (χ0v) is 15.0. The maximum atomic E-state index is 11.9. The Bertz CT molecular complexity index is 533. The van der Waals surface area contributed by atoms with E-state index in [1.807, 2.05) is 6.08 Å². The van der Waals surface area contributed by atoms with Crippen molar-refractivity contribution in [2.75, 3.05) is 13.2 Å². The average Bonchev–Trinajstić information content (AvgIpc) is 2.96. The molecule has 1 heterocycles. The van der Waals surface area contributed by atoms with Crippen molar-refractivity contribution in [3.05, 3.63) is 12.2 Å². The summed E-state index contributed by atoms with van der Waals surface area (Å²) in [5.74, 6) is -1.18. The molecular formula is C18H28O9. The molecule has 0 radical (unpaired) electrons. The molecule has 1 saturated carbocycles. The van der Waals surface area contributed by atoms with Gasteiger partial charge in [0.1, 0.15) is 30.2 Å². The lowest BCUT2D eigenvalue weighted by atomic mass is 9.89. The topological polar surface area (TPSA) is 154 Å². The van der Waals surface area contributed by atoms with Gasteiger partial charge in [-0.05, 0) is 25.2 Å². The number of carbonyl (C=O) groups is 2. The van der Waals surface area contributed by atoms with Crippen LogP contribution in [0.15, 0.2) is 12.2 Å². The minimum absolute atomic E-state index is 0.00362. The third-order valence-electron chi connectivity index (χ3n) is 5.17. The van der Waals surface area contributed by atoms with E-state index in [0.717, 1.165) is 0 Å². The molecule has 1 saturated heterocycles. The number of hydrogen-bond donors (Lipinski definition) is 5. The van der Waals surface area contributed by atoms with Crippen LogP contribution in [0.25, 0.3) is 0 Å². The lowest BCUT2D eigenvalue weighted by Gasteiger charge is -2.39. The Morgan fingerprint density at radius 3 is 2.63 bits per heavy atom. The molecule has 0 aromatic rings. The molecule has 0 bridgehead atoms. The van der Waals surface area contributed by atoms with Crippen LogP contribution in [0.5, 0.6) is 0 Å². The highest BCUT2D eigenvalue weighted by atomic mass is 16.7. The van der Waals surface area contributed by atoms with Gasteiger partial charge in [-0.1, -0.05) is 12.2 Å². The van der Waals surface area contributed by atoms with Gasteiger partial charge in [0.15, 0.2) is 6.29 Å². The van der Waals surface area contributed by atoms with E-state index < -0.39 is 43.3 Å². The van der Waals surface area contributed by atoms with Gasteiger partial charge in [-0.2, -0.15) is 0 Å². The summed E-state index contributed by atoms with van der Waals surface area (Å²) in [7, 11) is 0. The maximum Gasteiger partial charge on any atom is 0.303 e. The van der Waals surface area contributed by atoms with Gasteiger partial charge in [0, 0.05) is 18.8 Å². The summed E-state index contributed by atoms with van der Waals surface area (Å²) in [6, 6.07) is 0. The van der Waals surface area contributed by atoms with Crippen molar-refractivity contribution < 1.29 is 44.6 Å². The highest BCUT2D eigenvalue weighted by molar-refractivity contribution is 5.84. The van der Waals surface area contributed by atoms with Crippen molar-refractivity contribution in [3.63, 3.8) is 0 Å². The summed E-state index contributed by atoms with van der Waals surface area (Å²) in [5, 5.41) is 47.2. The smallest absolute Gasteiger partial charge is 0.303 e. The Morgan fingerprint density at radius 2 is 1.96 bits per heavy atom. The number of carbonyl (C=O) groups excluding carboxylic acids is 1. The minimum Gasteiger partial charge on any atom is -0.481 e. The molecule has 0 amide bonds. The lowest BCUT2D eigenvalue weighted by molar-refractivity contribution is -0.294. The van der Waals surface area contributed by atoms with Crippen LogP contribution in [0.1, 0.15) is 32.1 Å². The van der Waals surface area contributed by atoms with E-state index in [1.54, 1.807) is 6.08 Å². The summed E-state index contributed by atoms with van der Waals surface area (Å²) >= 11 is 0. The first-order chi connectivity index (χ1) is 12.8. The Kier molecular flexibility index (Phi) is 8.33. The molecule has 1 aliphatic carbocycles. The van der Waals surface area contributed by atoms with E-state index in [4.69, 9.17) is 14.6 Å². The molecule has 154 valence electrons. The summed E-state index contributed by atoms with van der Waals surface area (Å²) in [5.41, 5.74) is 0. The quantitative estimate of drug-likeness (QED) is 0.252. The number of allylic oxidation sites excluding steroid dienone is 1. The lowest BCUT2D eigenvalue weighted by Crippen LogP contribution is -2.59. The van der Waals surface area contributed by atoms with Crippen molar-refractivity contribution in [3.8, 4) is 0 Å². The second-order valence-corrected chi connectivity index (χ2v) is 7.03. The van der Waals surface area contributed by atoms with Crippen LogP contribution in [0.2, 0.25) is 0 Å². The first-order valence-corrected chi connectivity index (χ1v) is 9.16. The van der Waals surface area contributed by atoms with Crippen LogP contribution in [-0.4, -0.2) is 81.2 Å². The highest BCUT2D eigenvalue weighted by Gasteiger charge is 2.44. The second kappa shape index (κ2) is 10.3. The van der Waals surface area contributed by atoms with Gasteiger partial charge in [0.25, 0.3) is 0 Å². The fourth-order valence-electron chi connectivity index (χ4n) is 3.68. The standard InChI is InChI=1S/C18H28O9/c19-9-13-17(15(23)16(24)18(25)27-13)26-7-3-1-2-4-11-10(8-14(21)22)5-6-12(11)20/h1-2,10-11,13,15-19,23-25H,3-9H2,(H,21,22). The number of Topliss-reactive ketones (excluding diaryl/α,β-unsaturated/α-hetero) is 1. The van der Waals surface area contributed by atoms with Crippen molar-refractivity contribution in [1.29, 1.82) is 0 Å². The SMILES string of the molecule is O=C(O)CC1CCC(=O)C1CC=CCCOC1C(CO)OC(O)C(O)C1O. The number of ketones is 1. The zero-order chi connectivity index (χ0) is 20.0. The molecule has 0 aromatic carbocycles. The van der Waals surface area contributed by atoms with Gasteiger partial charge in [0.2, 0.25) is 0 Å². The van der Waals surface area contributed by atoms with E-state index in [-0.39, 0.29) is 30.6 Å². The molecule has 1 aliphatic heterocycles. The first-order valence-electron chi connectivity index (χ1n) is 9.16. The van der Waals surface area contributed by atoms with E-state index in [9.17, 15) is 30.0 Å². The number of hydrogen-bond acceptors (Lipinski definition) is 8. The van der Waals surface area contributed by atoms with Crippen molar-refractivity contribution >= 4 is 11.8 Å². The molecule has 2 aliphatic rings. The fourth-order valence-corrected chi connectivity index (χ4v) is 3.68. The van der Waals surface area contributed by atoms with Gasteiger partial charge in [-0.3, -0.25) is 9.59 Å². The van der Waals surface area contributed by atoms with E-state index in [2.05, 4.69) is 0 Å². The third-order valence-corrected chi connectivity index (χ3v) is 5.17. The summed E-state index contributed by atoms with van der Waals surface area (Å²) in [6.45, 7) is -0.297. The zero-order valence-electron chi connectivity index (χ0n) is 15.0.